The van der Waals surface area contributed by atoms with Crippen LogP contribution in [0.3, 0.4) is 0 Å². The highest BCUT2D eigenvalue weighted by Crippen LogP contribution is 2.39. The first kappa shape index (κ1) is 21.7. The molecule has 0 aromatic rings. The number of rotatable bonds is 8. The fraction of sp³-hybridized carbons (Fsp3) is 0.875. The van der Waals surface area contributed by atoms with E-state index in [-0.39, 0.29) is 11.4 Å². The summed E-state index contributed by atoms with van der Waals surface area (Å²) < 4.78 is 0. The Morgan fingerprint density at radius 2 is 1.68 bits per heavy atom. The van der Waals surface area contributed by atoms with Crippen LogP contribution < -0.4 is 0 Å². The Kier molecular flexibility index (Phi) is 15.4. The summed E-state index contributed by atoms with van der Waals surface area (Å²) in [6.45, 7) is 11.2. The van der Waals surface area contributed by atoms with Crippen molar-refractivity contribution in [2.24, 2.45) is 5.92 Å². The summed E-state index contributed by atoms with van der Waals surface area (Å²) >= 11 is 8.17. The molecule has 0 saturated heterocycles. The molecule has 0 amide bonds. The molecule has 3 heteroatoms. The molecular formula is C16H34BClS. The van der Waals surface area contributed by atoms with Gasteiger partial charge in [0.2, 0.25) is 0 Å². The minimum Gasteiger partial charge on any atom is -0.189 e. The summed E-state index contributed by atoms with van der Waals surface area (Å²) in [6.07, 6.45) is 13.0. The highest BCUT2D eigenvalue weighted by molar-refractivity contribution is 7.97. The molecule has 0 rings (SSSR count). The van der Waals surface area contributed by atoms with Crippen molar-refractivity contribution in [2.45, 2.75) is 72.0 Å². The molecule has 114 valence electrons. The zero-order chi connectivity index (χ0) is 15.3. The lowest BCUT2D eigenvalue weighted by molar-refractivity contribution is 0.473. The number of thioether (sulfide) groups is 1. The average Bonchev–Trinajstić information content (AvgIpc) is 2.34. The van der Waals surface area contributed by atoms with Crippen LogP contribution in [-0.4, -0.2) is 18.6 Å². The first-order valence-electron chi connectivity index (χ1n) is 7.55. The lowest BCUT2D eigenvalue weighted by Gasteiger charge is -2.30. The maximum atomic E-state index is 6.42. The van der Waals surface area contributed by atoms with Crippen LogP contribution in [-0.2, 0) is 0 Å². The van der Waals surface area contributed by atoms with E-state index in [9.17, 15) is 0 Å². The summed E-state index contributed by atoms with van der Waals surface area (Å²) in [6, 6.07) is 0. The lowest BCUT2D eigenvalue weighted by Crippen LogP contribution is -2.25. The molecule has 0 saturated carbocycles. The first-order chi connectivity index (χ1) is 8.84. The third-order valence-electron chi connectivity index (χ3n) is 3.73. The molecule has 0 unspecified atom stereocenters. The van der Waals surface area contributed by atoms with Crippen LogP contribution in [0.5, 0.6) is 0 Å². The van der Waals surface area contributed by atoms with Crippen LogP contribution in [0.25, 0.3) is 0 Å². The van der Waals surface area contributed by atoms with Gasteiger partial charge in [-0.1, -0.05) is 60.0 Å². The predicted octanol–water partition coefficient (Wildman–Crippen LogP) is 6.70. The predicted molar refractivity (Wildman–Crippen MR) is 97.8 cm³/mol. The summed E-state index contributed by atoms with van der Waals surface area (Å²) in [5, 5.41) is 0.182. The minimum absolute atomic E-state index is 0.152. The second-order valence-electron chi connectivity index (χ2n) is 6.06. The number of allylic oxidation sites excluding steroid dienone is 1. The van der Waals surface area contributed by atoms with E-state index in [4.69, 9.17) is 11.5 Å². The standard InChI is InChI=1S/C14H28BCl.C2H6S/c1-6-7-8-9-10-11-12-15(16)14(4,5)13(2)3;1-3-2/h11-13H,6-10H2,1-5H3;1-2H3/b12-11+;. The summed E-state index contributed by atoms with van der Waals surface area (Å²) in [4.78, 5) is 0. The Morgan fingerprint density at radius 1 is 1.16 bits per heavy atom. The molecule has 0 aliphatic heterocycles. The Balaban J connectivity index is 0. The Bertz CT molecular complexity index is 215. The number of unbranched alkanes of at least 4 members (excludes halogenated alkanes) is 4. The highest BCUT2D eigenvalue weighted by Gasteiger charge is 2.32. The van der Waals surface area contributed by atoms with Crippen molar-refractivity contribution in [2.75, 3.05) is 12.5 Å². The molecule has 19 heavy (non-hydrogen) atoms. The molecule has 0 aliphatic carbocycles. The van der Waals surface area contributed by atoms with Crippen LogP contribution in [0, 0.1) is 5.92 Å². The number of hydrogen-bond acceptors (Lipinski definition) is 1. The van der Waals surface area contributed by atoms with Crippen LogP contribution in [0.15, 0.2) is 12.1 Å². The topological polar surface area (TPSA) is 0 Å². The molecule has 0 aliphatic rings. The Hall–Kier alpha value is 0.445. The molecule has 0 heterocycles. The van der Waals surface area contributed by atoms with E-state index in [1.807, 2.05) is 12.5 Å². The molecule has 0 atom stereocenters. The zero-order valence-electron chi connectivity index (χ0n) is 14.1. The summed E-state index contributed by atoms with van der Waals surface area (Å²) in [7, 11) is 0. The SMILES string of the molecule is CCCCCC/C=C/B(Cl)C(C)(C)C(C)C.CSC. The van der Waals surface area contributed by atoms with E-state index in [2.05, 4.69) is 46.7 Å². The minimum atomic E-state index is 0.152. The largest absolute Gasteiger partial charge is 0.281 e. The van der Waals surface area contributed by atoms with Crippen molar-refractivity contribution in [1.82, 2.24) is 0 Å². The van der Waals surface area contributed by atoms with Crippen LogP contribution in [0.1, 0.15) is 66.7 Å². The van der Waals surface area contributed by atoms with Gasteiger partial charge in [0.15, 0.2) is 0 Å². The van der Waals surface area contributed by atoms with Crippen molar-refractivity contribution < 1.29 is 0 Å². The third-order valence-corrected chi connectivity index (χ3v) is 4.44. The van der Waals surface area contributed by atoms with Gasteiger partial charge in [-0.2, -0.15) is 23.2 Å². The van der Waals surface area contributed by atoms with E-state index < -0.39 is 0 Å². The van der Waals surface area contributed by atoms with Crippen LogP contribution in [0.4, 0.5) is 0 Å². The summed E-state index contributed by atoms with van der Waals surface area (Å²) in [5.41, 5.74) is 0. The van der Waals surface area contributed by atoms with Gasteiger partial charge in [0, 0.05) is 0 Å². The van der Waals surface area contributed by atoms with Crippen molar-refractivity contribution >= 4 is 29.4 Å². The molecule has 0 bridgehead atoms. The second-order valence-corrected chi connectivity index (χ2v) is 7.35. The first-order valence-corrected chi connectivity index (χ1v) is 9.62. The van der Waals surface area contributed by atoms with Crippen molar-refractivity contribution in [1.29, 1.82) is 0 Å². The van der Waals surface area contributed by atoms with Gasteiger partial charge in [-0.05, 0) is 36.6 Å². The zero-order valence-corrected chi connectivity index (χ0v) is 15.7. The summed E-state index contributed by atoms with van der Waals surface area (Å²) in [5.74, 6) is 2.80. The molecule has 0 fully saturated rings. The fourth-order valence-electron chi connectivity index (χ4n) is 1.47. The molecule has 0 aromatic heterocycles. The number of hydrogen-bond donors (Lipinski definition) is 0. The average molecular weight is 305 g/mol. The molecular weight excluding hydrogens is 271 g/mol. The smallest absolute Gasteiger partial charge is 0.189 e. The van der Waals surface area contributed by atoms with Gasteiger partial charge < -0.3 is 0 Å². The molecule has 0 spiro atoms. The lowest BCUT2D eigenvalue weighted by atomic mass is 9.48. The van der Waals surface area contributed by atoms with Crippen LogP contribution in [0.2, 0.25) is 5.31 Å². The van der Waals surface area contributed by atoms with E-state index in [0.29, 0.717) is 5.92 Å². The monoisotopic (exact) mass is 304 g/mol. The maximum Gasteiger partial charge on any atom is 0.281 e. The normalized spacial score (nSPS) is 11.6. The highest BCUT2D eigenvalue weighted by atomic mass is 35.5. The fourth-order valence-corrected chi connectivity index (χ4v) is 1.83. The van der Waals surface area contributed by atoms with Gasteiger partial charge in [0.1, 0.15) is 0 Å². The van der Waals surface area contributed by atoms with Gasteiger partial charge in [-0.3, -0.25) is 0 Å². The second kappa shape index (κ2) is 13.4. The Morgan fingerprint density at radius 3 is 2.11 bits per heavy atom. The van der Waals surface area contributed by atoms with Gasteiger partial charge in [-0.25, -0.2) is 0 Å². The van der Waals surface area contributed by atoms with Gasteiger partial charge in [0.25, 0.3) is 6.13 Å². The van der Waals surface area contributed by atoms with Crippen molar-refractivity contribution in [3.8, 4) is 0 Å². The van der Waals surface area contributed by atoms with E-state index in [1.165, 1.54) is 32.1 Å². The molecule has 0 N–H and O–H groups in total. The number of halogens is 1. The maximum absolute atomic E-state index is 6.42. The van der Waals surface area contributed by atoms with Gasteiger partial charge >= 0.3 is 0 Å². The van der Waals surface area contributed by atoms with E-state index in [1.54, 1.807) is 11.8 Å². The van der Waals surface area contributed by atoms with E-state index >= 15 is 0 Å². The van der Waals surface area contributed by atoms with Crippen molar-refractivity contribution in [3.63, 3.8) is 0 Å². The molecule has 0 aromatic carbocycles. The third kappa shape index (κ3) is 11.9. The Labute approximate surface area is 132 Å². The molecule has 0 nitrogen and oxygen atoms in total. The van der Waals surface area contributed by atoms with E-state index in [0.717, 1.165) is 0 Å². The molecule has 0 radical (unpaired) electrons. The van der Waals surface area contributed by atoms with Gasteiger partial charge in [-0.15, -0.1) is 5.98 Å². The van der Waals surface area contributed by atoms with Crippen LogP contribution >= 0.6 is 23.2 Å². The van der Waals surface area contributed by atoms with Gasteiger partial charge in [0.05, 0.1) is 0 Å². The quantitative estimate of drug-likeness (QED) is 0.355. The van der Waals surface area contributed by atoms with Crippen molar-refractivity contribution in [3.05, 3.63) is 12.1 Å².